The maximum Gasteiger partial charge on any atom is 0.233 e. The first-order valence-corrected chi connectivity index (χ1v) is 7.10. The molecule has 3 atom stereocenters. The summed E-state index contributed by atoms with van der Waals surface area (Å²) >= 11 is 0. The monoisotopic (exact) mass is 263 g/mol. The lowest BCUT2D eigenvalue weighted by Gasteiger charge is -2.27. The lowest BCUT2D eigenvalue weighted by atomic mass is 9.92. The van der Waals surface area contributed by atoms with E-state index in [1.807, 2.05) is 13.8 Å². The first-order valence-electron chi connectivity index (χ1n) is 7.10. The van der Waals surface area contributed by atoms with Gasteiger partial charge in [0.25, 0.3) is 0 Å². The minimum Gasteiger partial charge on any atom is -0.300 e. The molecular formula is C14H21N3O2. The second-order valence-electron chi connectivity index (χ2n) is 5.46. The summed E-state index contributed by atoms with van der Waals surface area (Å²) < 4.78 is 0. The van der Waals surface area contributed by atoms with E-state index >= 15 is 0 Å². The minimum absolute atomic E-state index is 0.00231. The van der Waals surface area contributed by atoms with Crippen molar-refractivity contribution in [1.29, 1.82) is 5.26 Å². The van der Waals surface area contributed by atoms with Gasteiger partial charge in [-0.25, -0.2) is 0 Å². The van der Waals surface area contributed by atoms with Gasteiger partial charge in [-0.2, -0.15) is 5.26 Å². The van der Waals surface area contributed by atoms with E-state index in [2.05, 4.69) is 11.4 Å². The molecule has 2 aliphatic rings. The number of hydrogen-bond acceptors (Lipinski definition) is 4. The average molecular weight is 263 g/mol. The zero-order chi connectivity index (χ0) is 14.0. The number of amides is 2. The molecule has 19 heavy (non-hydrogen) atoms. The van der Waals surface area contributed by atoms with E-state index < -0.39 is 5.54 Å². The quantitative estimate of drug-likeness (QED) is 0.697. The number of carbonyl (C=O) groups is 2. The van der Waals surface area contributed by atoms with Gasteiger partial charge in [0.2, 0.25) is 11.8 Å². The van der Waals surface area contributed by atoms with Gasteiger partial charge in [-0.3, -0.25) is 19.8 Å². The van der Waals surface area contributed by atoms with Crippen LogP contribution in [0.15, 0.2) is 0 Å². The van der Waals surface area contributed by atoms with Crippen molar-refractivity contribution in [3.05, 3.63) is 0 Å². The summed E-state index contributed by atoms with van der Waals surface area (Å²) in [7, 11) is 0. The lowest BCUT2D eigenvalue weighted by molar-refractivity contribution is -0.141. The Hall–Kier alpha value is -1.41. The van der Waals surface area contributed by atoms with E-state index in [1.54, 1.807) is 0 Å². The molecule has 1 saturated carbocycles. The number of piperidine rings is 1. The standard InChI is InChI=1S/C14H21N3O2/c1-3-14(9-15,16-4-2)6-5-7-17-12(18)10-8-11(10)13(17)19/h10-11,16H,3-8H2,1-2H3. The molecule has 3 unspecified atom stereocenters. The van der Waals surface area contributed by atoms with Crippen molar-refractivity contribution in [2.24, 2.45) is 11.8 Å². The van der Waals surface area contributed by atoms with Crippen LogP contribution in [0, 0.1) is 23.2 Å². The predicted octanol–water partition coefficient (Wildman–Crippen LogP) is 1.05. The Morgan fingerprint density at radius 2 is 2.00 bits per heavy atom. The summed E-state index contributed by atoms with van der Waals surface area (Å²) in [4.78, 5) is 25.0. The van der Waals surface area contributed by atoms with Crippen LogP contribution in [0.3, 0.4) is 0 Å². The van der Waals surface area contributed by atoms with Gasteiger partial charge in [0, 0.05) is 6.54 Å². The fourth-order valence-electron chi connectivity index (χ4n) is 2.91. The second-order valence-corrected chi connectivity index (χ2v) is 5.46. The predicted molar refractivity (Wildman–Crippen MR) is 69.9 cm³/mol. The largest absolute Gasteiger partial charge is 0.300 e. The SMILES string of the molecule is CCNC(C#N)(CC)CCCN1C(=O)C2CC2C1=O. The van der Waals surface area contributed by atoms with E-state index in [-0.39, 0.29) is 23.7 Å². The molecule has 2 rings (SSSR count). The summed E-state index contributed by atoms with van der Waals surface area (Å²) in [6, 6.07) is 2.33. The molecular weight excluding hydrogens is 242 g/mol. The third kappa shape index (κ3) is 2.50. The lowest BCUT2D eigenvalue weighted by Crippen LogP contribution is -2.44. The highest BCUT2D eigenvalue weighted by molar-refractivity contribution is 6.08. The third-order valence-corrected chi connectivity index (χ3v) is 4.27. The number of hydrogen-bond donors (Lipinski definition) is 1. The summed E-state index contributed by atoms with van der Waals surface area (Å²) in [5.74, 6) is -0.0451. The molecule has 0 bridgehead atoms. The highest BCUT2D eigenvalue weighted by Crippen LogP contribution is 2.46. The van der Waals surface area contributed by atoms with Crippen LogP contribution >= 0.6 is 0 Å². The van der Waals surface area contributed by atoms with Gasteiger partial charge in [0.1, 0.15) is 5.54 Å². The Balaban J connectivity index is 1.84. The van der Waals surface area contributed by atoms with Crippen LogP contribution in [-0.2, 0) is 9.59 Å². The fraction of sp³-hybridized carbons (Fsp3) is 0.786. The molecule has 0 radical (unpaired) electrons. The molecule has 1 aliphatic heterocycles. The number of rotatable bonds is 7. The molecule has 1 aliphatic carbocycles. The summed E-state index contributed by atoms with van der Waals surface area (Å²) in [5, 5.41) is 12.5. The van der Waals surface area contributed by atoms with Crippen molar-refractivity contribution >= 4 is 11.8 Å². The Labute approximate surface area is 113 Å². The number of likely N-dealkylation sites (tertiary alicyclic amines) is 1. The van der Waals surface area contributed by atoms with Gasteiger partial charge in [-0.1, -0.05) is 13.8 Å². The van der Waals surface area contributed by atoms with Gasteiger partial charge in [-0.05, 0) is 32.2 Å². The van der Waals surface area contributed by atoms with Gasteiger partial charge in [-0.15, -0.1) is 0 Å². The molecule has 5 heteroatoms. The maximum atomic E-state index is 11.8. The van der Waals surface area contributed by atoms with Crippen molar-refractivity contribution in [3.63, 3.8) is 0 Å². The number of imide groups is 1. The Bertz CT molecular complexity index is 409. The summed E-state index contributed by atoms with van der Waals surface area (Å²) in [5.41, 5.74) is -0.524. The number of fused-ring (bicyclic) bond motifs is 1. The van der Waals surface area contributed by atoms with Gasteiger partial charge in [0.15, 0.2) is 0 Å². The number of carbonyl (C=O) groups excluding carboxylic acids is 2. The number of nitrogens with one attached hydrogen (secondary N) is 1. The molecule has 1 N–H and O–H groups in total. The molecule has 0 spiro atoms. The highest BCUT2D eigenvalue weighted by atomic mass is 16.2. The van der Waals surface area contributed by atoms with Crippen LogP contribution in [0.25, 0.3) is 0 Å². The van der Waals surface area contributed by atoms with E-state index in [0.717, 1.165) is 19.4 Å². The van der Waals surface area contributed by atoms with Crippen molar-refractivity contribution in [1.82, 2.24) is 10.2 Å². The van der Waals surface area contributed by atoms with Gasteiger partial charge in [0.05, 0.1) is 17.9 Å². The first kappa shape index (κ1) is 14.0. The average Bonchev–Trinajstić information content (AvgIpc) is 3.17. The van der Waals surface area contributed by atoms with Crippen LogP contribution in [0.1, 0.15) is 39.5 Å². The first-order chi connectivity index (χ1) is 9.08. The van der Waals surface area contributed by atoms with Gasteiger partial charge >= 0.3 is 0 Å². The Morgan fingerprint density at radius 3 is 2.47 bits per heavy atom. The van der Waals surface area contributed by atoms with Crippen LogP contribution in [-0.4, -0.2) is 35.3 Å². The topological polar surface area (TPSA) is 73.2 Å². The maximum absolute atomic E-state index is 11.8. The van der Waals surface area contributed by atoms with E-state index in [4.69, 9.17) is 0 Å². The van der Waals surface area contributed by atoms with Crippen molar-refractivity contribution in [2.45, 2.75) is 45.1 Å². The number of nitriles is 1. The molecule has 0 aromatic heterocycles. The van der Waals surface area contributed by atoms with Crippen molar-refractivity contribution < 1.29 is 9.59 Å². The molecule has 104 valence electrons. The zero-order valence-corrected chi connectivity index (χ0v) is 11.6. The third-order valence-electron chi connectivity index (χ3n) is 4.27. The van der Waals surface area contributed by atoms with E-state index in [9.17, 15) is 14.9 Å². The normalized spacial score (nSPS) is 27.9. The Morgan fingerprint density at radius 1 is 1.37 bits per heavy atom. The molecule has 1 heterocycles. The minimum atomic E-state index is -0.524. The smallest absolute Gasteiger partial charge is 0.233 e. The molecule has 5 nitrogen and oxygen atoms in total. The van der Waals surface area contributed by atoms with Crippen molar-refractivity contribution in [2.75, 3.05) is 13.1 Å². The highest BCUT2D eigenvalue weighted by Gasteiger charge is 2.58. The summed E-state index contributed by atoms with van der Waals surface area (Å²) in [6.07, 6.45) is 2.83. The second kappa shape index (κ2) is 5.30. The summed E-state index contributed by atoms with van der Waals surface area (Å²) in [6.45, 7) is 5.16. The Kier molecular flexibility index (Phi) is 3.91. The molecule has 2 amide bonds. The van der Waals surface area contributed by atoms with E-state index in [0.29, 0.717) is 19.4 Å². The number of nitrogens with zero attached hydrogens (tertiary/aromatic N) is 2. The van der Waals surface area contributed by atoms with Crippen LogP contribution in [0.4, 0.5) is 0 Å². The van der Waals surface area contributed by atoms with Crippen LogP contribution in [0.5, 0.6) is 0 Å². The molecule has 2 fully saturated rings. The molecule has 0 aromatic rings. The van der Waals surface area contributed by atoms with Gasteiger partial charge < -0.3 is 0 Å². The van der Waals surface area contributed by atoms with E-state index in [1.165, 1.54) is 4.90 Å². The zero-order valence-electron chi connectivity index (χ0n) is 11.6. The van der Waals surface area contributed by atoms with Crippen LogP contribution < -0.4 is 5.32 Å². The molecule has 0 aromatic carbocycles. The molecule has 1 saturated heterocycles. The van der Waals surface area contributed by atoms with Crippen LogP contribution in [0.2, 0.25) is 0 Å². The fourth-order valence-corrected chi connectivity index (χ4v) is 2.91. The van der Waals surface area contributed by atoms with Crippen molar-refractivity contribution in [3.8, 4) is 6.07 Å².